The Bertz CT molecular complexity index is 703. The molecule has 0 radical (unpaired) electrons. The summed E-state index contributed by atoms with van der Waals surface area (Å²) in [5, 5.41) is 0. The van der Waals surface area contributed by atoms with E-state index in [1.165, 1.54) is 5.56 Å². The number of nitrogens with zero attached hydrogens (tertiary/aromatic N) is 1. The van der Waals surface area contributed by atoms with Gasteiger partial charge in [0.1, 0.15) is 5.75 Å². The molecule has 0 N–H and O–H groups in total. The Hall–Kier alpha value is -2.82. The van der Waals surface area contributed by atoms with Crippen LogP contribution in [-0.4, -0.2) is 43.1 Å². The molecule has 0 aliphatic rings. The molecule has 0 fully saturated rings. The van der Waals surface area contributed by atoms with Gasteiger partial charge in [-0.25, -0.2) is 0 Å². The van der Waals surface area contributed by atoms with Gasteiger partial charge in [0.25, 0.3) is 0 Å². The number of carbonyl (C=O) groups is 2. The van der Waals surface area contributed by atoms with E-state index in [2.05, 4.69) is 0 Å². The molecule has 0 unspecified atom stereocenters. The summed E-state index contributed by atoms with van der Waals surface area (Å²) in [6.45, 7) is 3.59. The average molecular weight is 383 g/mol. The molecule has 0 bridgehead atoms. The Kier molecular flexibility index (Phi) is 9.62. The molecule has 2 aromatic carbocycles. The van der Waals surface area contributed by atoms with E-state index in [-0.39, 0.29) is 18.3 Å². The predicted octanol–water partition coefficient (Wildman–Crippen LogP) is 3.87. The Morgan fingerprint density at radius 1 is 0.893 bits per heavy atom. The van der Waals surface area contributed by atoms with Crippen LogP contribution in [0.3, 0.4) is 0 Å². The molecule has 5 nitrogen and oxygen atoms in total. The number of hydrogen-bond acceptors (Lipinski definition) is 4. The third kappa shape index (κ3) is 8.25. The van der Waals surface area contributed by atoms with Gasteiger partial charge in [0.05, 0.1) is 19.6 Å². The van der Waals surface area contributed by atoms with E-state index in [1.807, 2.05) is 60.7 Å². The second kappa shape index (κ2) is 12.5. The molecule has 0 atom stereocenters. The van der Waals surface area contributed by atoms with Crippen LogP contribution in [-0.2, 0) is 20.7 Å². The van der Waals surface area contributed by atoms with Crippen LogP contribution < -0.4 is 4.74 Å². The minimum Gasteiger partial charge on any atom is -0.494 e. The Labute approximate surface area is 167 Å². The lowest BCUT2D eigenvalue weighted by Gasteiger charge is -2.22. The number of esters is 1. The maximum atomic E-state index is 12.7. The van der Waals surface area contributed by atoms with Crippen LogP contribution in [0.2, 0.25) is 0 Å². The van der Waals surface area contributed by atoms with Crippen molar-refractivity contribution in [3.05, 3.63) is 66.2 Å². The van der Waals surface area contributed by atoms with Crippen LogP contribution in [0.1, 0.15) is 31.7 Å². The molecule has 0 aromatic heterocycles. The van der Waals surface area contributed by atoms with Gasteiger partial charge in [0.2, 0.25) is 5.91 Å². The predicted molar refractivity (Wildman–Crippen MR) is 109 cm³/mol. The summed E-state index contributed by atoms with van der Waals surface area (Å²) in [6.07, 6.45) is 2.00. The number of carbonyl (C=O) groups excluding carboxylic acids is 2. The van der Waals surface area contributed by atoms with Crippen molar-refractivity contribution in [2.75, 3.05) is 26.3 Å². The van der Waals surface area contributed by atoms with Gasteiger partial charge < -0.3 is 14.4 Å². The maximum Gasteiger partial charge on any atom is 0.307 e. The topological polar surface area (TPSA) is 55.8 Å². The molecule has 2 rings (SSSR count). The van der Waals surface area contributed by atoms with Crippen molar-refractivity contribution in [1.29, 1.82) is 0 Å². The van der Waals surface area contributed by atoms with Gasteiger partial charge in [-0.2, -0.15) is 0 Å². The summed E-state index contributed by atoms with van der Waals surface area (Å²) < 4.78 is 10.6. The van der Waals surface area contributed by atoms with E-state index in [4.69, 9.17) is 9.47 Å². The lowest BCUT2D eigenvalue weighted by molar-refractivity contribution is -0.144. The van der Waals surface area contributed by atoms with Crippen LogP contribution in [0.4, 0.5) is 0 Å². The molecule has 0 spiro atoms. The van der Waals surface area contributed by atoms with Gasteiger partial charge in [-0.1, -0.05) is 48.5 Å². The second-order valence-corrected chi connectivity index (χ2v) is 6.44. The Morgan fingerprint density at radius 3 is 2.25 bits per heavy atom. The minimum absolute atomic E-state index is 0.0388. The molecule has 0 aliphatic heterocycles. The number of hydrogen-bond donors (Lipinski definition) is 0. The lowest BCUT2D eigenvalue weighted by atomic mass is 10.1. The van der Waals surface area contributed by atoms with Gasteiger partial charge in [-0.05, 0) is 37.5 Å². The fourth-order valence-electron chi connectivity index (χ4n) is 2.82. The number of rotatable bonds is 12. The molecule has 0 saturated carbocycles. The highest BCUT2D eigenvalue weighted by Crippen LogP contribution is 2.10. The van der Waals surface area contributed by atoms with Crippen LogP contribution in [0, 0.1) is 0 Å². The molecule has 0 saturated heterocycles. The zero-order valence-electron chi connectivity index (χ0n) is 16.5. The maximum absolute atomic E-state index is 12.7. The standard InChI is InChI=1S/C23H29NO4/c1-2-27-23(26)16-18-24(17-15-20-10-5-3-6-11-20)22(25)14-9-19-28-21-12-7-4-8-13-21/h3-8,10-13H,2,9,14-19H2,1H3. The summed E-state index contributed by atoms with van der Waals surface area (Å²) in [5.74, 6) is 0.572. The molecule has 150 valence electrons. The number of ether oxygens (including phenoxy) is 2. The third-order valence-corrected chi connectivity index (χ3v) is 4.30. The Morgan fingerprint density at radius 2 is 1.57 bits per heavy atom. The SMILES string of the molecule is CCOC(=O)CCN(CCc1ccccc1)C(=O)CCCOc1ccccc1. The molecule has 1 amide bonds. The first-order chi connectivity index (χ1) is 13.7. The lowest BCUT2D eigenvalue weighted by Crippen LogP contribution is -2.35. The third-order valence-electron chi connectivity index (χ3n) is 4.30. The zero-order chi connectivity index (χ0) is 20.0. The van der Waals surface area contributed by atoms with Crippen LogP contribution in [0.25, 0.3) is 0 Å². The first-order valence-corrected chi connectivity index (χ1v) is 9.84. The zero-order valence-corrected chi connectivity index (χ0v) is 16.5. The van der Waals surface area contributed by atoms with Crippen molar-refractivity contribution in [2.45, 2.75) is 32.6 Å². The highest BCUT2D eigenvalue weighted by atomic mass is 16.5. The monoisotopic (exact) mass is 383 g/mol. The fourth-order valence-corrected chi connectivity index (χ4v) is 2.82. The normalized spacial score (nSPS) is 10.3. The Balaban J connectivity index is 1.81. The van der Waals surface area contributed by atoms with Gasteiger partial charge >= 0.3 is 5.97 Å². The van der Waals surface area contributed by atoms with Gasteiger partial charge in [0.15, 0.2) is 0 Å². The first-order valence-electron chi connectivity index (χ1n) is 9.84. The largest absolute Gasteiger partial charge is 0.494 e. The summed E-state index contributed by atoms with van der Waals surface area (Å²) in [5.41, 5.74) is 1.17. The molecular weight excluding hydrogens is 354 g/mol. The smallest absolute Gasteiger partial charge is 0.307 e. The highest BCUT2D eigenvalue weighted by Gasteiger charge is 2.15. The molecule has 0 heterocycles. The van der Waals surface area contributed by atoms with Crippen LogP contribution in [0.5, 0.6) is 5.75 Å². The van der Waals surface area contributed by atoms with Gasteiger partial charge in [-0.15, -0.1) is 0 Å². The van der Waals surface area contributed by atoms with Crippen LogP contribution >= 0.6 is 0 Å². The van der Waals surface area contributed by atoms with E-state index in [0.717, 1.165) is 12.2 Å². The molecular formula is C23H29NO4. The first kappa shape index (κ1) is 21.5. The van der Waals surface area contributed by atoms with E-state index in [9.17, 15) is 9.59 Å². The average Bonchev–Trinajstić information content (AvgIpc) is 2.73. The number of para-hydroxylation sites is 1. The second-order valence-electron chi connectivity index (χ2n) is 6.44. The summed E-state index contributed by atoms with van der Waals surface area (Å²) in [7, 11) is 0. The molecule has 2 aromatic rings. The fraction of sp³-hybridized carbons (Fsp3) is 0.391. The molecule has 28 heavy (non-hydrogen) atoms. The quantitative estimate of drug-likeness (QED) is 0.412. The van der Waals surface area contributed by atoms with E-state index in [0.29, 0.717) is 39.1 Å². The highest BCUT2D eigenvalue weighted by molar-refractivity contribution is 5.77. The number of amides is 1. The number of benzene rings is 2. The van der Waals surface area contributed by atoms with Crippen molar-refractivity contribution in [2.24, 2.45) is 0 Å². The van der Waals surface area contributed by atoms with Crippen LogP contribution in [0.15, 0.2) is 60.7 Å². The summed E-state index contributed by atoms with van der Waals surface area (Å²) >= 11 is 0. The summed E-state index contributed by atoms with van der Waals surface area (Å²) in [6, 6.07) is 19.6. The van der Waals surface area contributed by atoms with Crippen molar-refractivity contribution in [3.8, 4) is 5.75 Å². The van der Waals surface area contributed by atoms with Gasteiger partial charge in [-0.3, -0.25) is 9.59 Å². The van der Waals surface area contributed by atoms with Gasteiger partial charge in [0, 0.05) is 19.5 Å². The van der Waals surface area contributed by atoms with E-state index >= 15 is 0 Å². The summed E-state index contributed by atoms with van der Waals surface area (Å²) in [4.78, 5) is 26.1. The molecule has 0 aliphatic carbocycles. The van der Waals surface area contributed by atoms with E-state index < -0.39 is 0 Å². The van der Waals surface area contributed by atoms with Crippen molar-refractivity contribution >= 4 is 11.9 Å². The van der Waals surface area contributed by atoms with Crippen molar-refractivity contribution < 1.29 is 19.1 Å². The minimum atomic E-state index is -0.271. The van der Waals surface area contributed by atoms with E-state index in [1.54, 1.807) is 11.8 Å². The molecule has 5 heteroatoms. The van der Waals surface area contributed by atoms with Crippen molar-refractivity contribution in [1.82, 2.24) is 4.90 Å². The van der Waals surface area contributed by atoms with Crippen molar-refractivity contribution in [3.63, 3.8) is 0 Å².